The van der Waals surface area contributed by atoms with Gasteiger partial charge in [0.05, 0.1) is 6.61 Å². The van der Waals surface area contributed by atoms with E-state index >= 15 is 0 Å². The van der Waals surface area contributed by atoms with Gasteiger partial charge in [-0.3, -0.25) is 0 Å². The molecule has 1 rings (SSSR count). The van der Waals surface area contributed by atoms with Crippen molar-refractivity contribution >= 4 is 0 Å². The van der Waals surface area contributed by atoms with E-state index in [1.165, 1.54) is 11.1 Å². The van der Waals surface area contributed by atoms with Gasteiger partial charge in [-0.1, -0.05) is 24.6 Å². The normalized spacial score (nSPS) is 11.0. The SMILES string of the molecule is CCCNCc1cc(C)ccc1OCCCN(C)C. The summed E-state index contributed by atoms with van der Waals surface area (Å²) in [5.41, 5.74) is 2.55. The predicted molar refractivity (Wildman–Crippen MR) is 81.8 cm³/mol. The first kappa shape index (κ1) is 16.0. The van der Waals surface area contributed by atoms with Crippen molar-refractivity contribution in [3.05, 3.63) is 29.3 Å². The fourth-order valence-electron chi connectivity index (χ4n) is 1.95. The predicted octanol–water partition coefficient (Wildman–Crippen LogP) is 2.83. The van der Waals surface area contributed by atoms with Gasteiger partial charge in [-0.2, -0.15) is 0 Å². The fourth-order valence-corrected chi connectivity index (χ4v) is 1.95. The van der Waals surface area contributed by atoms with Gasteiger partial charge in [-0.15, -0.1) is 0 Å². The van der Waals surface area contributed by atoms with E-state index in [0.717, 1.165) is 44.8 Å². The Kier molecular flexibility index (Phi) is 7.53. The molecule has 1 aromatic carbocycles. The van der Waals surface area contributed by atoms with Gasteiger partial charge in [0.15, 0.2) is 0 Å². The van der Waals surface area contributed by atoms with Crippen molar-refractivity contribution < 1.29 is 4.74 Å². The highest BCUT2D eigenvalue weighted by Crippen LogP contribution is 2.20. The van der Waals surface area contributed by atoms with E-state index in [9.17, 15) is 0 Å². The average Bonchev–Trinajstić information content (AvgIpc) is 2.36. The van der Waals surface area contributed by atoms with E-state index in [-0.39, 0.29) is 0 Å². The van der Waals surface area contributed by atoms with Crippen molar-refractivity contribution in [1.82, 2.24) is 10.2 Å². The molecule has 0 saturated carbocycles. The van der Waals surface area contributed by atoms with Crippen LogP contribution >= 0.6 is 0 Å². The van der Waals surface area contributed by atoms with Crippen LogP contribution in [0.25, 0.3) is 0 Å². The lowest BCUT2D eigenvalue weighted by atomic mass is 10.1. The van der Waals surface area contributed by atoms with E-state index in [1.807, 2.05) is 0 Å². The Hall–Kier alpha value is -1.06. The first-order valence-corrected chi connectivity index (χ1v) is 7.21. The second-order valence-electron chi connectivity index (χ2n) is 5.29. The van der Waals surface area contributed by atoms with Crippen LogP contribution in [0.2, 0.25) is 0 Å². The molecule has 0 fully saturated rings. The van der Waals surface area contributed by atoms with Gasteiger partial charge >= 0.3 is 0 Å². The monoisotopic (exact) mass is 264 g/mol. The molecule has 0 amide bonds. The second-order valence-corrected chi connectivity index (χ2v) is 5.29. The number of nitrogens with zero attached hydrogens (tertiary/aromatic N) is 1. The molecule has 0 aliphatic rings. The molecule has 1 aromatic rings. The van der Waals surface area contributed by atoms with Gasteiger partial charge in [0, 0.05) is 18.7 Å². The van der Waals surface area contributed by atoms with E-state index in [1.54, 1.807) is 0 Å². The number of rotatable bonds is 9. The summed E-state index contributed by atoms with van der Waals surface area (Å²) in [6.07, 6.45) is 2.22. The van der Waals surface area contributed by atoms with Gasteiger partial charge in [0.25, 0.3) is 0 Å². The maximum atomic E-state index is 5.91. The molecule has 0 heterocycles. The maximum Gasteiger partial charge on any atom is 0.123 e. The molecule has 1 N–H and O–H groups in total. The highest BCUT2D eigenvalue weighted by molar-refractivity contribution is 5.36. The number of hydrogen-bond acceptors (Lipinski definition) is 3. The zero-order valence-corrected chi connectivity index (χ0v) is 12.8. The van der Waals surface area contributed by atoms with E-state index in [2.05, 4.69) is 56.4 Å². The molecule has 0 radical (unpaired) electrons. The summed E-state index contributed by atoms with van der Waals surface area (Å²) in [6.45, 7) is 8.09. The molecule has 3 nitrogen and oxygen atoms in total. The molecule has 3 heteroatoms. The first-order chi connectivity index (χ1) is 9.13. The first-order valence-electron chi connectivity index (χ1n) is 7.21. The maximum absolute atomic E-state index is 5.91. The van der Waals surface area contributed by atoms with Crippen LogP contribution < -0.4 is 10.1 Å². The molecule has 0 saturated heterocycles. The number of benzene rings is 1. The summed E-state index contributed by atoms with van der Waals surface area (Å²) in [4.78, 5) is 2.18. The largest absolute Gasteiger partial charge is 0.493 e. The van der Waals surface area contributed by atoms with Gasteiger partial charge in [-0.25, -0.2) is 0 Å². The summed E-state index contributed by atoms with van der Waals surface area (Å²) in [7, 11) is 4.18. The summed E-state index contributed by atoms with van der Waals surface area (Å²) < 4.78 is 5.91. The van der Waals surface area contributed by atoms with Crippen LogP contribution in [0.5, 0.6) is 5.75 Å². The molecule has 0 spiro atoms. The summed E-state index contributed by atoms with van der Waals surface area (Å²) >= 11 is 0. The fraction of sp³-hybridized carbons (Fsp3) is 0.625. The number of aryl methyl sites for hydroxylation is 1. The number of nitrogens with one attached hydrogen (secondary N) is 1. The Morgan fingerprint density at radius 1 is 1.26 bits per heavy atom. The Labute approximate surface area is 118 Å². The van der Waals surface area contributed by atoms with E-state index < -0.39 is 0 Å². The minimum Gasteiger partial charge on any atom is -0.493 e. The third kappa shape index (κ3) is 6.60. The number of hydrogen-bond donors (Lipinski definition) is 1. The van der Waals surface area contributed by atoms with Crippen LogP contribution in [0.3, 0.4) is 0 Å². The second kappa shape index (κ2) is 8.94. The molecule has 0 unspecified atom stereocenters. The molecule has 19 heavy (non-hydrogen) atoms. The molecule has 0 atom stereocenters. The highest BCUT2D eigenvalue weighted by Gasteiger charge is 2.04. The van der Waals surface area contributed by atoms with E-state index in [0.29, 0.717) is 0 Å². The highest BCUT2D eigenvalue weighted by atomic mass is 16.5. The molecular formula is C16H28N2O. The lowest BCUT2D eigenvalue weighted by Crippen LogP contribution is -2.17. The summed E-state index contributed by atoms with van der Waals surface area (Å²) in [6, 6.07) is 6.42. The van der Waals surface area contributed by atoms with E-state index in [4.69, 9.17) is 4.74 Å². The zero-order valence-electron chi connectivity index (χ0n) is 12.8. The lowest BCUT2D eigenvalue weighted by Gasteiger charge is -2.14. The van der Waals surface area contributed by atoms with Crippen LogP contribution in [0, 0.1) is 6.92 Å². The molecule has 0 aromatic heterocycles. The van der Waals surface area contributed by atoms with Crippen molar-refractivity contribution in [3.63, 3.8) is 0 Å². The average molecular weight is 264 g/mol. The smallest absolute Gasteiger partial charge is 0.123 e. The van der Waals surface area contributed by atoms with Gasteiger partial charge in [-0.05, 0) is 46.5 Å². The summed E-state index contributed by atoms with van der Waals surface area (Å²) in [5.74, 6) is 1.02. The molecule has 0 bridgehead atoms. The Bertz CT molecular complexity index is 364. The Morgan fingerprint density at radius 2 is 2.05 bits per heavy atom. The minimum absolute atomic E-state index is 0.780. The topological polar surface area (TPSA) is 24.5 Å². The van der Waals surface area contributed by atoms with Gasteiger partial charge in [0.1, 0.15) is 5.75 Å². The Morgan fingerprint density at radius 3 is 2.74 bits per heavy atom. The van der Waals surface area contributed by atoms with Crippen molar-refractivity contribution in [2.75, 3.05) is 33.8 Å². The quantitative estimate of drug-likeness (QED) is 0.694. The standard InChI is InChI=1S/C16H28N2O/c1-5-9-17-13-15-12-14(2)7-8-16(15)19-11-6-10-18(3)4/h7-8,12,17H,5-6,9-11,13H2,1-4H3. The molecule has 0 aliphatic carbocycles. The number of ether oxygens (including phenoxy) is 1. The van der Waals surface area contributed by atoms with Crippen molar-refractivity contribution in [3.8, 4) is 5.75 Å². The minimum atomic E-state index is 0.780. The third-order valence-corrected chi connectivity index (χ3v) is 2.97. The molecular weight excluding hydrogens is 236 g/mol. The Balaban J connectivity index is 2.50. The summed E-state index contributed by atoms with van der Waals surface area (Å²) in [5, 5.41) is 3.44. The van der Waals surface area contributed by atoms with Crippen molar-refractivity contribution in [2.24, 2.45) is 0 Å². The van der Waals surface area contributed by atoms with Gasteiger partial charge < -0.3 is 15.0 Å². The van der Waals surface area contributed by atoms with Crippen LogP contribution in [0.1, 0.15) is 30.9 Å². The van der Waals surface area contributed by atoms with Crippen molar-refractivity contribution in [2.45, 2.75) is 33.2 Å². The van der Waals surface area contributed by atoms with Crippen LogP contribution in [-0.2, 0) is 6.54 Å². The molecule has 0 aliphatic heterocycles. The molecule has 108 valence electrons. The van der Waals surface area contributed by atoms with Crippen molar-refractivity contribution in [1.29, 1.82) is 0 Å². The lowest BCUT2D eigenvalue weighted by molar-refractivity contribution is 0.279. The van der Waals surface area contributed by atoms with Gasteiger partial charge in [0.2, 0.25) is 0 Å². The van der Waals surface area contributed by atoms with Crippen LogP contribution in [-0.4, -0.2) is 38.7 Å². The third-order valence-electron chi connectivity index (χ3n) is 2.97. The van der Waals surface area contributed by atoms with Crippen LogP contribution in [0.15, 0.2) is 18.2 Å². The van der Waals surface area contributed by atoms with Crippen LogP contribution in [0.4, 0.5) is 0 Å². The zero-order chi connectivity index (χ0) is 14.1.